The van der Waals surface area contributed by atoms with E-state index in [2.05, 4.69) is 10.6 Å². The van der Waals surface area contributed by atoms with Gasteiger partial charge in [-0.1, -0.05) is 12.1 Å². The van der Waals surface area contributed by atoms with Crippen LogP contribution in [0.25, 0.3) is 0 Å². The topological polar surface area (TPSA) is 113 Å². The van der Waals surface area contributed by atoms with Crippen LogP contribution in [-0.4, -0.2) is 37.3 Å². The number of urea groups is 1. The molecule has 1 heterocycles. The maximum absolute atomic E-state index is 11.6. The molecule has 1 unspecified atom stereocenters. The Balaban J connectivity index is 1.86. The van der Waals surface area contributed by atoms with Gasteiger partial charge in [0.1, 0.15) is 0 Å². The highest BCUT2D eigenvalue weighted by atomic mass is 32.2. The summed E-state index contributed by atoms with van der Waals surface area (Å²) in [4.78, 5) is 22.5. The average molecular weight is 310 g/mol. The number of carbonyl (C=O) groups excluding carboxylic acids is 1. The molecule has 3 N–H and O–H groups in total. The first-order chi connectivity index (χ1) is 9.85. The van der Waals surface area contributed by atoms with E-state index in [0.717, 1.165) is 5.41 Å². The number of hydrogen-bond donors (Lipinski definition) is 3. The van der Waals surface area contributed by atoms with E-state index in [9.17, 15) is 18.0 Å². The van der Waals surface area contributed by atoms with Gasteiger partial charge >= 0.3 is 12.0 Å². The quantitative estimate of drug-likeness (QED) is 0.749. The fraction of sp³-hybridized carbons (Fsp3) is 0.231. The Labute approximate surface area is 121 Å². The minimum Gasteiger partial charge on any atom is -0.478 e. The fourth-order valence-electron chi connectivity index (χ4n) is 1.88. The van der Waals surface area contributed by atoms with Crippen molar-refractivity contribution in [2.75, 3.05) is 5.75 Å². The molecule has 2 rings (SSSR count). The largest absolute Gasteiger partial charge is 0.478 e. The molecular weight excluding hydrogens is 296 g/mol. The third-order valence-corrected chi connectivity index (χ3v) is 4.27. The lowest BCUT2D eigenvalue weighted by molar-refractivity contribution is 0.0696. The van der Waals surface area contributed by atoms with Crippen LogP contribution in [0.15, 0.2) is 35.7 Å². The molecule has 1 aromatic rings. The summed E-state index contributed by atoms with van der Waals surface area (Å²) in [5, 5.41) is 15.0. The van der Waals surface area contributed by atoms with Gasteiger partial charge in [0.15, 0.2) is 9.84 Å². The fourth-order valence-corrected chi connectivity index (χ4v) is 3.12. The van der Waals surface area contributed by atoms with Crippen molar-refractivity contribution in [1.29, 1.82) is 0 Å². The van der Waals surface area contributed by atoms with Gasteiger partial charge in [-0.15, -0.1) is 0 Å². The highest BCUT2D eigenvalue weighted by Crippen LogP contribution is 2.08. The van der Waals surface area contributed by atoms with E-state index in [0.29, 0.717) is 5.56 Å². The smallest absolute Gasteiger partial charge is 0.335 e. The number of sulfone groups is 1. The number of hydrogen-bond acceptors (Lipinski definition) is 4. The molecule has 0 bridgehead atoms. The van der Waals surface area contributed by atoms with Crippen LogP contribution < -0.4 is 10.6 Å². The van der Waals surface area contributed by atoms with Crippen LogP contribution in [0.5, 0.6) is 0 Å². The maximum atomic E-state index is 11.6. The van der Waals surface area contributed by atoms with Crippen LogP contribution in [0, 0.1) is 0 Å². The summed E-state index contributed by atoms with van der Waals surface area (Å²) in [5.74, 6) is -1.18. The zero-order valence-corrected chi connectivity index (χ0v) is 11.8. The zero-order valence-electron chi connectivity index (χ0n) is 10.9. The van der Waals surface area contributed by atoms with Crippen molar-refractivity contribution in [3.63, 3.8) is 0 Å². The molecule has 1 aromatic carbocycles. The number of carboxylic acid groups (broad SMARTS) is 1. The predicted octanol–water partition coefficient (Wildman–Crippen LogP) is 0.495. The molecule has 0 aliphatic carbocycles. The lowest BCUT2D eigenvalue weighted by Crippen LogP contribution is -2.42. The molecule has 1 atom stereocenters. The van der Waals surface area contributed by atoms with Crippen LogP contribution in [0.1, 0.15) is 15.9 Å². The van der Waals surface area contributed by atoms with Crippen molar-refractivity contribution in [2.45, 2.75) is 12.6 Å². The number of amides is 2. The summed E-state index contributed by atoms with van der Waals surface area (Å²) in [5.41, 5.74) is 0.777. The van der Waals surface area contributed by atoms with E-state index in [1.807, 2.05) is 0 Å². The normalized spacial score (nSPS) is 19.1. The van der Waals surface area contributed by atoms with Gasteiger partial charge in [-0.05, 0) is 23.8 Å². The zero-order chi connectivity index (χ0) is 15.5. The van der Waals surface area contributed by atoms with E-state index < -0.39 is 27.9 Å². The van der Waals surface area contributed by atoms with Crippen LogP contribution >= 0.6 is 0 Å². The molecular formula is C13H14N2O5S. The first-order valence-corrected chi connectivity index (χ1v) is 7.85. The molecule has 0 saturated heterocycles. The molecule has 21 heavy (non-hydrogen) atoms. The average Bonchev–Trinajstić information content (AvgIpc) is 2.76. The molecule has 8 heteroatoms. The molecule has 0 radical (unpaired) electrons. The molecule has 0 saturated carbocycles. The third-order valence-electron chi connectivity index (χ3n) is 2.87. The molecule has 1 aliphatic heterocycles. The van der Waals surface area contributed by atoms with Crippen molar-refractivity contribution >= 4 is 21.8 Å². The number of benzene rings is 1. The second kappa shape index (κ2) is 5.96. The minimum absolute atomic E-state index is 0.138. The third kappa shape index (κ3) is 4.32. The standard InChI is InChI=1S/C13H14N2O5S/c16-12(17)10-3-1-2-9(6-10)7-14-13(18)15-11-4-5-21(19,20)8-11/h1-6,11H,7-8H2,(H,16,17)(H2,14,15,18). The second-order valence-electron chi connectivity index (χ2n) is 4.60. The summed E-state index contributed by atoms with van der Waals surface area (Å²) < 4.78 is 22.4. The van der Waals surface area contributed by atoms with Crippen LogP contribution in [0.4, 0.5) is 4.79 Å². The van der Waals surface area contributed by atoms with Crippen molar-refractivity contribution in [3.05, 3.63) is 46.9 Å². The first-order valence-electron chi connectivity index (χ1n) is 6.13. The van der Waals surface area contributed by atoms with Gasteiger partial charge in [-0.25, -0.2) is 18.0 Å². The van der Waals surface area contributed by atoms with Crippen molar-refractivity contribution in [1.82, 2.24) is 10.6 Å². The Morgan fingerprint density at radius 2 is 2.10 bits per heavy atom. The number of carboxylic acids is 1. The highest BCUT2D eigenvalue weighted by molar-refractivity contribution is 7.94. The van der Waals surface area contributed by atoms with Gasteiger partial charge in [0.05, 0.1) is 17.4 Å². The van der Waals surface area contributed by atoms with E-state index in [1.54, 1.807) is 12.1 Å². The monoisotopic (exact) mass is 310 g/mol. The molecule has 7 nitrogen and oxygen atoms in total. The van der Waals surface area contributed by atoms with Crippen molar-refractivity contribution < 1.29 is 23.1 Å². The van der Waals surface area contributed by atoms with Crippen LogP contribution in [0.2, 0.25) is 0 Å². The van der Waals surface area contributed by atoms with Crippen molar-refractivity contribution in [2.24, 2.45) is 0 Å². The Morgan fingerprint density at radius 3 is 2.71 bits per heavy atom. The minimum atomic E-state index is -3.21. The summed E-state index contributed by atoms with van der Waals surface area (Å²) in [7, 11) is -3.21. The predicted molar refractivity (Wildman–Crippen MR) is 75.5 cm³/mol. The summed E-state index contributed by atoms with van der Waals surface area (Å²) in [6.07, 6.45) is 1.42. The maximum Gasteiger partial charge on any atom is 0.335 e. The Kier molecular flexibility index (Phi) is 4.27. The summed E-state index contributed by atoms with van der Waals surface area (Å²) in [6, 6.07) is 5.14. The van der Waals surface area contributed by atoms with E-state index in [-0.39, 0.29) is 17.9 Å². The molecule has 2 amide bonds. The van der Waals surface area contributed by atoms with E-state index in [4.69, 9.17) is 5.11 Å². The van der Waals surface area contributed by atoms with Gasteiger partial charge in [-0.3, -0.25) is 0 Å². The first kappa shape index (κ1) is 15.0. The van der Waals surface area contributed by atoms with Crippen molar-refractivity contribution in [3.8, 4) is 0 Å². The lowest BCUT2D eigenvalue weighted by Gasteiger charge is -2.11. The lowest BCUT2D eigenvalue weighted by atomic mass is 10.1. The van der Waals surface area contributed by atoms with Crippen LogP contribution in [0.3, 0.4) is 0 Å². The van der Waals surface area contributed by atoms with E-state index in [1.165, 1.54) is 18.2 Å². The van der Waals surface area contributed by atoms with Gasteiger partial charge in [-0.2, -0.15) is 0 Å². The SMILES string of the molecule is O=C(NCc1cccc(C(=O)O)c1)NC1C=CS(=O)(=O)C1. The summed E-state index contributed by atoms with van der Waals surface area (Å²) >= 11 is 0. The van der Waals surface area contributed by atoms with Gasteiger partial charge in [0, 0.05) is 12.0 Å². The van der Waals surface area contributed by atoms with E-state index >= 15 is 0 Å². The Hall–Kier alpha value is -2.35. The molecule has 0 spiro atoms. The van der Waals surface area contributed by atoms with Gasteiger partial charge in [0.25, 0.3) is 0 Å². The molecule has 1 aliphatic rings. The Bertz CT molecular complexity index is 696. The number of carbonyl (C=O) groups is 2. The van der Waals surface area contributed by atoms with Gasteiger partial charge < -0.3 is 15.7 Å². The molecule has 0 aromatic heterocycles. The molecule has 0 fully saturated rings. The summed E-state index contributed by atoms with van der Waals surface area (Å²) in [6.45, 7) is 0.149. The number of nitrogens with one attached hydrogen (secondary N) is 2. The number of aromatic carboxylic acids is 1. The Morgan fingerprint density at radius 1 is 1.33 bits per heavy atom. The number of rotatable bonds is 4. The highest BCUT2D eigenvalue weighted by Gasteiger charge is 2.22. The van der Waals surface area contributed by atoms with Crippen LogP contribution in [-0.2, 0) is 16.4 Å². The van der Waals surface area contributed by atoms with Gasteiger partial charge in [0.2, 0.25) is 0 Å². The second-order valence-corrected chi connectivity index (χ2v) is 6.53. The molecule has 112 valence electrons.